The second kappa shape index (κ2) is 7.94. The predicted molar refractivity (Wildman–Crippen MR) is 105 cm³/mol. The number of aromatic nitrogens is 2. The van der Waals surface area contributed by atoms with E-state index in [1.165, 1.54) is 6.92 Å². The van der Waals surface area contributed by atoms with Crippen LogP contribution in [0.5, 0.6) is 5.75 Å². The minimum Gasteiger partial charge on any atom is -0.493 e. The number of ether oxygens (including phenoxy) is 1. The van der Waals surface area contributed by atoms with Crippen molar-refractivity contribution >= 4 is 28.8 Å². The number of nitrogens with zero attached hydrogens (tertiary/aromatic N) is 2. The van der Waals surface area contributed by atoms with Gasteiger partial charge in [0.05, 0.1) is 22.9 Å². The first-order valence-corrected chi connectivity index (χ1v) is 9.23. The maximum Gasteiger partial charge on any atom is 0.417 e. The standard InChI is InChI=1S/C20H19ClF3N3O2/c1-11(2)10-29-15-6-4-14(5-7-15)26-19(28)17-12(3)25-18-16(21)8-13(9-27(17)18)20(22,23)24/h4-9,11H,10H2,1-3H3,(H,26,28). The lowest BCUT2D eigenvalue weighted by atomic mass is 10.2. The number of hydrogen-bond acceptors (Lipinski definition) is 3. The van der Waals surface area contributed by atoms with Gasteiger partial charge in [-0.2, -0.15) is 13.2 Å². The molecule has 0 saturated carbocycles. The summed E-state index contributed by atoms with van der Waals surface area (Å²) in [7, 11) is 0. The number of imidazole rings is 1. The molecule has 1 N–H and O–H groups in total. The predicted octanol–water partition coefficient (Wildman–Crippen LogP) is 5.60. The van der Waals surface area contributed by atoms with Crippen LogP contribution in [0.15, 0.2) is 36.5 Å². The van der Waals surface area contributed by atoms with E-state index in [9.17, 15) is 18.0 Å². The Kier molecular flexibility index (Phi) is 5.75. The molecule has 5 nitrogen and oxygen atoms in total. The quantitative estimate of drug-likeness (QED) is 0.578. The average Bonchev–Trinajstić information content (AvgIpc) is 2.97. The molecule has 0 fully saturated rings. The third-order valence-corrected chi connectivity index (χ3v) is 4.37. The molecule has 29 heavy (non-hydrogen) atoms. The molecule has 0 aliphatic carbocycles. The van der Waals surface area contributed by atoms with Crippen LogP contribution in [0.3, 0.4) is 0 Å². The zero-order chi connectivity index (χ0) is 21.3. The van der Waals surface area contributed by atoms with Crippen LogP contribution in [-0.4, -0.2) is 21.9 Å². The van der Waals surface area contributed by atoms with Gasteiger partial charge in [0.15, 0.2) is 5.65 Å². The van der Waals surface area contributed by atoms with Crippen molar-refractivity contribution in [2.75, 3.05) is 11.9 Å². The van der Waals surface area contributed by atoms with Gasteiger partial charge in [-0.15, -0.1) is 0 Å². The van der Waals surface area contributed by atoms with Crippen LogP contribution < -0.4 is 10.1 Å². The summed E-state index contributed by atoms with van der Waals surface area (Å²) in [6.07, 6.45) is -3.78. The molecule has 0 radical (unpaired) electrons. The number of anilines is 1. The second-order valence-corrected chi connectivity index (χ2v) is 7.40. The van der Waals surface area contributed by atoms with Gasteiger partial charge in [-0.05, 0) is 43.2 Å². The van der Waals surface area contributed by atoms with Crippen molar-refractivity contribution in [1.82, 2.24) is 9.38 Å². The molecule has 0 atom stereocenters. The second-order valence-electron chi connectivity index (χ2n) is 7.00. The van der Waals surface area contributed by atoms with E-state index in [0.29, 0.717) is 24.0 Å². The number of fused-ring (bicyclic) bond motifs is 1. The number of hydrogen-bond donors (Lipinski definition) is 1. The van der Waals surface area contributed by atoms with Crippen LogP contribution in [0.1, 0.15) is 35.6 Å². The number of alkyl halides is 3. The Morgan fingerprint density at radius 3 is 2.52 bits per heavy atom. The maximum atomic E-state index is 13.1. The van der Waals surface area contributed by atoms with E-state index in [0.717, 1.165) is 16.7 Å². The molecular formula is C20H19ClF3N3O2. The molecule has 0 saturated heterocycles. The van der Waals surface area contributed by atoms with Gasteiger partial charge in [-0.25, -0.2) is 4.98 Å². The highest BCUT2D eigenvalue weighted by atomic mass is 35.5. The summed E-state index contributed by atoms with van der Waals surface area (Å²) >= 11 is 5.96. The molecular weight excluding hydrogens is 407 g/mol. The lowest BCUT2D eigenvalue weighted by Gasteiger charge is -2.11. The molecule has 2 aromatic heterocycles. The lowest BCUT2D eigenvalue weighted by Crippen LogP contribution is -2.16. The summed E-state index contributed by atoms with van der Waals surface area (Å²) in [5, 5.41) is 2.48. The number of halogens is 4. The summed E-state index contributed by atoms with van der Waals surface area (Å²) in [5.41, 5.74) is -0.166. The van der Waals surface area contributed by atoms with Crippen LogP contribution in [0.2, 0.25) is 5.02 Å². The molecule has 3 aromatic rings. The average molecular weight is 426 g/mol. The van der Waals surface area contributed by atoms with E-state index in [1.54, 1.807) is 24.3 Å². The Labute approximate surface area is 170 Å². The molecule has 3 rings (SSSR count). The van der Waals surface area contributed by atoms with E-state index < -0.39 is 17.6 Å². The molecule has 154 valence electrons. The number of carbonyl (C=O) groups is 1. The number of benzene rings is 1. The summed E-state index contributed by atoms with van der Waals surface area (Å²) < 4.78 is 46.0. The minimum atomic E-state index is -4.60. The van der Waals surface area contributed by atoms with Crippen molar-refractivity contribution < 1.29 is 22.7 Å². The van der Waals surface area contributed by atoms with Crippen molar-refractivity contribution in [3.63, 3.8) is 0 Å². The third-order valence-electron chi connectivity index (χ3n) is 4.09. The van der Waals surface area contributed by atoms with Crippen LogP contribution >= 0.6 is 11.6 Å². The van der Waals surface area contributed by atoms with Crippen molar-refractivity contribution in [2.24, 2.45) is 5.92 Å². The Bertz CT molecular complexity index is 1040. The molecule has 0 unspecified atom stereocenters. The topological polar surface area (TPSA) is 55.6 Å². The Morgan fingerprint density at radius 2 is 1.93 bits per heavy atom. The number of nitrogens with one attached hydrogen (secondary N) is 1. The Balaban J connectivity index is 1.89. The van der Waals surface area contributed by atoms with Crippen molar-refractivity contribution in [3.05, 3.63) is 58.5 Å². The van der Waals surface area contributed by atoms with E-state index in [2.05, 4.69) is 10.3 Å². The van der Waals surface area contributed by atoms with Crippen LogP contribution in [-0.2, 0) is 6.18 Å². The van der Waals surface area contributed by atoms with E-state index in [4.69, 9.17) is 16.3 Å². The highest BCUT2D eigenvalue weighted by molar-refractivity contribution is 6.33. The fourth-order valence-corrected chi connectivity index (χ4v) is 2.98. The van der Waals surface area contributed by atoms with Gasteiger partial charge in [-0.1, -0.05) is 25.4 Å². The number of aryl methyl sites for hydroxylation is 1. The van der Waals surface area contributed by atoms with Crippen LogP contribution in [0.25, 0.3) is 5.65 Å². The molecule has 0 spiro atoms. The zero-order valence-electron chi connectivity index (χ0n) is 16.0. The summed E-state index contributed by atoms with van der Waals surface area (Å²) in [4.78, 5) is 16.9. The SMILES string of the molecule is Cc1nc2c(Cl)cc(C(F)(F)F)cn2c1C(=O)Nc1ccc(OCC(C)C)cc1. The van der Waals surface area contributed by atoms with Gasteiger partial charge in [0, 0.05) is 11.9 Å². The van der Waals surface area contributed by atoms with E-state index in [-0.39, 0.29) is 22.1 Å². The molecule has 1 aromatic carbocycles. The Morgan fingerprint density at radius 1 is 1.28 bits per heavy atom. The molecule has 0 aliphatic heterocycles. The van der Waals surface area contributed by atoms with E-state index >= 15 is 0 Å². The van der Waals surface area contributed by atoms with Gasteiger partial charge in [0.1, 0.15) is 11.4 Å². The number of rotatable bonds is 5. The molecule has 1 amide bonds. The Hall–Kier alpha value is -2.74. The van der Waals surface area contributed by atoms with Crippen LogP contribution in [0, 0.1) is 12.8 Å². The molecule has 0 aliphatic rings. The number of pyridine rings is 1. The van der Waals surface area contributed by atoms with Gasteiger partial charge < -0.3 is 10.1 Å². The normalized spacial score (nSPS) is 11.9. The molecule has 2 heterocycles. The van der Waals surface area contributed by atoms with Gasteiger partial charge in [-0.3, -0.25) is 9.20 Å². The summed E-state index contributed by atoms with van der Waals surface area (Å²) in [6, 6.07) is 7.51. The smallest absolute Gasteiger partial charge is 0.417 e. The first kappa shape index (κ1) is 21.0. The van der Waals surface area contributed by atoms with Crippen molar-refractivity contribution in [3.8, 4) is 5.75 Å². The first-order valence-electron chi connectivity index (χ1n) is 8.86. The van der Waals surface area contributed by atoms with Crippen molar-refractivity contribution in [1.29, 1.82) is 0 Å². The minimum absolute atomic E-state index is 0.0202. The number of amides is 1. The van der Waals surface area contributed by atoms with Crippen LogP contribution in [0.4, 0.5) is 18.9 Å². The summed E-state index contributed by atoms with van der Waals surface area (Å²) in [5.74, 6) is 0.437. The zero-order valence-corrected chi connectivity index (χ0v) is 16.7. The van der Waals surface area contributed by atoms with Crippen molar-refractivity contribution in [2.45, 2.75) is 26.9 Å². The summed E-state index contributed by atoms with van der Waals surface area (Å²) in [6.45, 7) is 6.16. The van der Waals surface area contributed by atoms with Gasteiger partial charge in [0.25, 0.3) is 5.91 Å². The monoisotopic (exact) mass is 425 g/mol. The number of carbonyl (C=O) groups excluding carboxylic acids is 1. The molecule has 9 heteroatoms. The fourth-order valence-electron chi connectivity index (χ4n) is 2.73. The lowest BCUT2D eigenvalue weighted by molar-refractivity contribution is -0.137. The molecule has 0 bridgehead atoms. The first-order chi connectivity index (χ1) is 13.6. The highest BCUT2D eigenvalue weighted by Gasteiger charge is 2.33. The maximum absolute atomic E-state index is 13.1. The van der Waals surface area contributed by atoms with Gasteiger partial charge >= 0.3 is 6.18 Å². The fraction of sp³-hybridized carbons (Fsp3) is 0.300. The van der Waals surface area contributed by atoms with Gasteiger partial charge in [0.2, 0.25) is 0 Å². The third kappa shape index (κ3) is 4.64. The van der Waals surface area contributed by atoms with E-state index in [1.807, 2.05) is 13.8 Å². The largest absolute Gasteiger partial charge is 0.493 e. The highest BCUT2D eigenvalue weighted by Crippen LogP contribution is 2.33.